The fourth-order valence-corrected chi connectivity index (χ4v) is 3.84. The third-order valence-corrected chi connectivity index (χ3v) is 5.34. The van der Waals surface area contributed by atoms with Crippen LogP contribution in [-0.4, -0.2) is 44.1 Å². The molecule has 5 nitrogen and oxygen atoms in total. The van der Waals surface area contributed by atoms with Gasteiger partial charge in [-0.1, -0.05) is 11.6 Å². The van der Waals surface area contributed by atoms with Gasteiger partial charge >= 0.3 is 0 Å². The van der Waals surface area contributed by atoms with Gasteiger partial charge in [-0.3, -0.25) is 0 Å². The molecule has 1 aliphatic heterocycles. The summed E-state index contributed by atoms with van der Waals surface area (Å²) in [4.78, 5) is 0.107. The van der Waals surface area contributed by atoms with E-state index in [9.17, 15) is 13.5 Å². The summed E-state index contributed by atoms with van der Waals surface area (Å²) in [7, 11) is -2.20. The minimum Gasteiger partial charge on any atom is -0.495 e. The largest absolute Gasteiger partial charge is 0.495 e. The number of aliphatic hydroxyl groups excluding tert-OH is 1. The lowest BCUT2D eigenvalue weighted by Crippen LogP contribution is -2.40. The molecule has 1 aromatic carbocycles. The van der Waals surface area contributed by atoms with Gasteiger partial charge in [-0.05, 0) is 25.0 Å². The number of hydrogen-bond donors (Lipinski definition) is 1. The number of methoxy groups -OCH3 is 1. The number of rotatable bonds is 3. The molecule has 0 amide bonds. The molecule has 2 rings (SSSR count). The van der Waals surface area contributed by atoms with Crippen LogP contribution in [0.25, 0.3) is 0 Å². The zero-order chi connectivity index (χ0) is 14.0. The quantitative estimate of drug-likeness (QED) is 0.919. The Morgan fingerprint density at radius 3 is 2.58 bits per heavy atom. The highest BCUT2D eigenvalue weighted by molar-refractivity contribution is 7.89. The second-order valence-electron chi connectivity index (χ2n) is 4.43. The Balaban J connectivity index is 2.34. The van der Waals surface area contributed by atoms with E-state index in [0.717, 1.165) is 0 Å². The molecule has 1 aromatic rings. The average molecular weight is 306 g/mol. The zero-order valence-corrected chi connectivity index (χ0v) is 12.1. The summed E-state index contributed by atoms with van der Waals surface area (Å²) in [5.74, 6) is 0.235. The molecule has 0 bridgehead atoms. The van der Waals surface area contributed by atoms with Gasteiger partial charge in [-0.25, -0.2) is 8.42 Å². The lowest BCUT2D eigenvalue weighted by atomic mass is 10.1. The van der Waals surface area contributed by atoms with E-state index in [0.29, 0.717) is 31.0 Å². The van der Waals surface area contributed by atoms with Gasteiger partial charge in [-0.15, -0.1) is 0 Å². The summed E-state index contributed by atoms with van der Waals surface area (Å²) in [6.45, 7) is 0.630. The Morgan fingerprint density at radius 2 is 2.00 bits per heavy atom. The lowest BCUT2D eigenvalue weighted by Gasteiger charge is -2.29. The predicted molar refractivity (Wildman–Crippen MR) is 72.0 cm³/mol. The van der Waals surface area contributed by atoms with Gasteiger partial charge < -0.3 is 9.84 Å². The molecular weight excluding hydrogens is 290 g/mol. The summed E-state index contributed by atoms with van der Waals surface area (Å²) in [6, 6.07) is 4.45. The van der Waals surface area contributed by atoms with E-state index in [1.807, 2.05) is 0 Å². The molecule has 1 fully saturated rings. The molecule has 19 heavy (non-hydrogen) atoms. The maximum absolute atomic E-state index is 12.5. The van der Waals surface area contributed by atoms with E-state index in [-0.39, 0.29) is 10.6 Å². The summed E-state index contributed by atoms with van der Waals surface area (Å²) < 4.78 is 31.5. The van der Waals surface area contributed by atoms with E-state index in [1.54, 1.807) is 0 Å². The first-order valence-electron chi connectivity index (χ1n) is 5.97. The average Bonchev–Trinajstić information content (AvgIpc) is 2.38. The van der Waals surface area contributed by atoms with Gasteiger partial charge in [0.1, 0.15) is 10.6 Å². The molecule has 0 aliphatic carbocycles. The number of aliphatic hydroxyl groups is 1. The van der Waals surface area contributed by atoms with Crippen molar-refractivity contribution in [3.63, 3.8) is 0 Å². The monoisotopic (exact) mass is 305 g/mol. The van der Waals surface area contributed by atoms with Crippen molar-refractivity contribution in [3.05, 3.63) is 23.2 Å². The summed E-state index contributed by atoms with van der Waals surface area (Å²) in [5, 5.41) is 9.86. The molecule has 106 valence electrons. The van der Waals surface area contributed by atoms with E-state index in [4.69, 9.17) is 16.3 Å². The second kappa shape index (κ2) is 5.66. The van der Waals surface area contributed by atoms with E-state index < -0.39 is 16.1 Å². The Kier molecular flexibility index (Phi) is 4.35. The van der Waals surface area contributed by atoms with Gasteiger partial charge in [-0.2, -0.15) is 4.31 Å². The fraction of sp³-hybridized carbons (Fsp3) is 0.500. The molecule has 0 unspecified atom stereocenters. The Labute approximate surface area is 117 Å². The first-order chi connectivity index (χ1) is 8.95. The smallest absolute Gasteiger partial charge is 0.246 e. The Morgan fingerprint density at radius 1 is 1.37 bits per heavy atom. The summed E-state index contributed by atoms with van der Waals surface area (Å²) in [6.07, 6.45) is 0.489. The van der Waals surface area contributed by atoms with Crippen LogP contribution < -0.4 is 4.74 Å². The number of benzene rings is 1. The first kappa shape index (κ1) is 14.6. The molecular formula is C12H16ClNO4S. The highest BCUT2D eigenvalue weighted by atomic mass is 35.5. The lowest BCUT2D eigenvalue weighted by molar-refractivity contribution is 0.113. The van der Waals surface area contributed by atoms with Crippen molar-refractivity contribution in [1.29, 1.82) is 0 Å². The van der Waals surface area contributed by atoms with Crippen LogP contribution in [0.2, 0.25) is 5.02 Å². The molecule has 0 radical (unpaired) electrons. The maximum Gasteiger partial charge on any atom is 0.246 e. The Bertz CT molecular complexity index is 553. The van der Waals surface area contributed by atoms with Crippen LogP contribution in [0.3, 0.4) is 0 Å². The topological polar surface area (TPSA) is 66.8 Å². The zero-order valence-electron chi connectivity index (χ0n) is 10.5. The molecule has 1 heterocycles. The van der Waals surface area contributed by atoms with Crippen LogP contribution in [0.4, 0.5) is 0 Å². The molecule has 0 saturated carbocycles. The van der Waals surface area contributed by atoms with Crippen molar-refractivity contribution in [2.45, 2.75) is 23.8 Å². The van der Waals surface area contributed by atoms with Gasteiger partial charge in [0.05, 0.1) is 13.2 Å². The van der Waals surface area contributed by atoms with Crippen LogP contribution in [0.5, 0.6) is 5.75 Å². The standard InChI is InChI=1S/C12H16ClNO4S/c1-18-11-8-9(13)2-3-12(11)19(16,17)14-6-4-10(15)5-7-14/h2-3,8,10,15H,4-7H2,1H3. The predicted octanol–water partition coefficient (Wildman–Crippen LogP) is 1.49. The first-order valence-corrected chi connectivity index (χ1v) is 7.78. The Hall–Kier alpha value is -0.820. The van der Waals surface area contributed by atoms with Crippen molar-refractivity contribution in [2.75, 3.05) is 20.2 Å². The van der Waals surface area contributed by atoms with E-state index in [1.165, 1.54) is 29.6 Å². The van der Waals surface area contributed by atoms with Crippen molar-refractivity contribution < 1.29 is 18.3 Å². The number of piperidine rings is 1. The van der Waals surface area contributed by atoms with Crippen molar-refractivity contribution in [2.24, 2.45) is 0 Å². The summed E-state index contributed by atoms with van der Waals surface area (Å²) in [5.41, 5.74) is 0. The number of sulfonamides is 1. The summed E-state index contributed by atoms with van der Waals surface area (Å²) >= 11 is 5.83. The molecule has 0 spiro atoms. The van der Waals surface area contributed by atoms with E-state index >= 15 is 0 Å². The maximum atomic E-state index is 12.5. The molecule has 1 N–H and O–H groups in total. The van der Waals surface area contributed by atoms with Crippen LogP contribution in [0, 0.1) is 0 Å². The van der Waals surface area contributed by atoms with Gasteiger partial charge in [0, 0.05) is 24.2 Å². The number of halogens is 1. The van der Waals surface area contributed by atoms with Crippen LogP contribution in [-0.2, 0) is 10.0 Å². The minimum atomic E-state index is -3.61. The SMILES string of the molecule is COc1cc(Cl)ccc1S(=O)(=O)N1CCC(O)CC1. The molecule has 0 atom stereocenters. The minimum absolute atomic E-state index is 0.107. The molecule has 1 aliphatic rings. The molecule has 0 aromatic heterocycles. The van der Waals surface area contributed by atoms with Crippen molar-refractivity contribution in [1.82, 2.24) is 4.31 Å². The van der Waals surface area contributed by atoms with Gasteiger partial charge in [0.2, 0.25) is 10.0 Å². The fourth-order valence-electron chi connectivity index (χ4n) is 2.08. The second-order valence-corrected chi connectivity index (χ2v) is 6.77. The highest BCUT2D eigenvalue weighted by Crippen LogP contribution is 2.30. The van der Waals surface area contributed by atoms with Crippen LogP contribution in [0.1, 0.15) is 12.8 Å². The van der Waals surface area contributed by atoms with Crippen LogP contribution >= 0.6 is 11.6 Å². The third-order valence-electron chi connectivity index (χ3n) is 3.17. The molecule has 7 heteroatoms. The van der Waals surface area contributed by atoms with Crippen molar-refractivity contribution >= 4 is 21.6 Å². The van der Waals surface area contributed by atoms with Gasteiger partial charge in [0.25, 0.3) is 0 Å². The van der Waals surface area contributed by atoms with Gasteiger partial charge in [0.15, 0.2) is 0 Å². The van der Waals surface area contributed by atoms with Crippen LogP contribution in [0.15, 0.2) is 23.1 Å². The third kappa shape index (κ3) is 3.02. The van der Waals surface area contributed by atoms with E-state index in [2.05, 4.69) is 0 Å². The molecule has 1 saturated heterocycles. The highest BCUT2D eigenvalue weighted by Gasteiger charge is 2.30. The van der Waals surface area contributed by atoms with Crippen molar-refractivity contribution in [3.8, 4) is 5.75 Å². The number of nitrogens with zero attached hydrogens (tertiary/aromatic N) is 1. The number of hydrogen-bond acceptors (Lipinski definition) is 4. The number of ether oxygens (including phenoxy) is 1. The normalized spacial score (nSPS) is 18.5.